The number of nitrogens with zero attached hydrogens (tertiary/aromatic N) is 1. The van der Waals surface area contributed by atoms with Crippen LogP contribution in [0.25, 0.3) is 0 Å². The molecule has 0 aliphatic heterocycles. The lowest BCUT2D eigenvalue weighted by molar-refractivity contribution is 0.0578. The molecule has 1 unspecified atom stereocenters. The zero-order chi connectivity index (χ0) is 29.0. The van der Waals surface area contributed by atoms with Crippen molar-refractivity contribution in [2.24, 2.45) is 0 Å². The molecule has 1 aliphatic rings. The number of amides is 1. The van der Waals surface area contributed by atoms with E-state index in [4.69, 9.17) is 4.42 Å². The van der Waals surface area contributed by atoms with Gasteiger partial charge in [0.2, 0.25) is 0 Å². The van der Waals surface area contributed by atoms with Crippen LogP contribution in [0.2, 0.25) is 0 Å². The number of aryl methyl sites for hydroxylation is 1. The Kier molecular flexibility index (Phi) is 10.1. The predicted octanol–water partition coefficient (Wildman–Crippen LogP) is 6.04. The molecule has 218 valence electrons. The largest absolute Gasteiger partial charge is 0.456 e. The van der Waals surface area contributed by atoms with Gasteiger partial charge in [0.05, 0.1) is 11.7 Å². The number of benzene rings is 1. The van der Waals surface area contributed by atoms with Crippen molar-refractivity contribution in [1.29, 1.82) is 0 Å². The van der Waals surface area contributed by atoms with Crippen LogP contribution in [0.3, 0.4) is 0 Å². The summed E-state index contributed by atoms with van der Waals surface area (Å²) in [6.07, 6.45) is 5.23. The lowest BCUT2D eigenvalue weighted by atomic mass is 9.62. The van der Waals surface area contributed by atoms with Crippen molar-refractivity contribution in [3.8, 4) is 0 Å². The second kappa shape index (κ2) is 12.6. The van der Waals surface area contributed by atoms with E-state index < -0.39 is 11.7 Å². The van der Waals surface area contributed by atoms with Crippen molar-refractivity contribution in [3.05, 3.63) is 58.0 Å². The fourth-order valence-electron chi connectivity index (χ4n) is 5.68. The highest BCUT2D eigenvalue weighted by molar-refractivity contribution is 5.91. The number of aliphatic hydroxyl groups is 3. The Hall–Kier alpha value is -2.15. The molecule has 0 radical (unpaired) electrons. The molecular formula is C33H51NO5. The molecule has 0 fully saturated rings. The highest BCUT2D eigenvalue weighted by atomic mass is 16.4. The van der Waals surface area contributed by atoms with E-state index in [1.54, 1.807) is 24.8 Å². The van der Waals surface area contributed by atoms with E-state index in [0.717, 1.165) is 12.2 Å². The van der Waals surface area contributed by atoms with Crippen LogP contribution in [0.4, 0.5) is 0 Å². The molecule has 1 aromatic carbocycles. The first-order chi connectivity index (χ1) is 18.1. The lowest BCUT2D eigenvalue weighted by Gasteiger charge is -2.42. The summed E-state index contributed by atoms with van der Waals surface area (Å²) in [6, 6.07) is 8.33. The Balaban J connectivity index is 1.70. The minimum absolute atomic E-state index is 0.00786. The van der Waals surface area contributed by atoms with E-state index >= 15 is 0 Å². The van der Waals surface area contributed by atoms with Gasteiger partial charge in [-0.05, 0) is 111 Å². The van der Waals surface area contributed by atoms with Crippen LogP contribution in [0.1, 0.15) is 125 Å². The van der Waals surface area contributed by atoms with Gasteiger partial charge in [-0.2, -0.15) is 0 Å². The standard InChI is InChI=1S/C33H51NO5/c1-23-20-27-28(32(4,5)16-15-31(27,2)3)22-24(23)21-26-11-12-29(39-26)30(37)34(17-9-19-35)18-13-25(36)10-8-14-33(6,7)38/h11-12,20,22,25,35-36,38H,8-10,13-19,21H2,1-7H3. The van der Waals surface area contributed by atoms with E-state index in [2.05, 4.69) is 46.8 Å². The average Bonchev–Trinajstić information content (AvgIpc) is 3.30. The molecule has 3 rings (SSSR count). The van der Waals surface area contributed by atoms with E-state index in [9.17, 15) is 20.1 Å². The minimum atomic E-state index is -0.746. The van der Waals surface area contributed by atoms with Crippen molar-refractivity contribution < 1.29 is 24.5 Å². The zero-order valence-electron chi connectivity index (χ0n) is 25.3. The summed E-state index contributed by atoms with van der Waals surface area (Å²) >= 11 is 0. The number of fused-ring (bicyclic) bond motifs is 1. The molecule has 0 bridgehead atoms. The van der Waals surface area contributed by atoms with Gasteiger partial charge in [-0.15, -0.1) is 0 Å². The first-order valence-corrected chi connectivity index (χ1v) is 14.7. The summed E-state index contributed by atoms with van der Waals surface area (Å²) < 4.78 is 6.07. The molecule has 3 N–H and O–H groups in total. The third kappa shape index (κ3) is 8.42. The molecule has 0 spiro atoms. The number of hydrogen-bond donors (Lipinski definition) is 3. The van der Waals surface area contributed by atoms with E-state index in [-0.39, 0.29) is 29.1 Å². The number of furan rings is 1. The summed E-state index contributed by atoms with van der Waals surface area (Å²) in [4.78, 5) is 15.0. The number of hydrogen-bond acceptors (Lipinski definition) is 5. The Morgan fingerprint density at radius 2 is 1.67 bits per heavy atom. The van der Waals surface area contributed by atoms with Gasteiger partial charge in [0.1, 0.15) is 5.76 Å². The van der Waals surface area contributed by atoms with Crippen molar-refractivity contribution >= 4 is 5.91 Å². The molecule has 6 heteroatoms. The third-order valence-electron chi connectivity index (χ3n) is 8.48. The average molecular weight is 542 g/mol. The summed E-state index contributed by atoms with van der Waals surface area (Å²) in [7, 11) is 0. The maximum absolute atomic E-state index is 13.3. The van der Waals surface area contributed by atoms with Gasteiger partial charge in [0.25, 0.3) is 5.91 Å². The lowest BCUT2D eigenvalue weighted by Crippen LogP contribution is -2.34. The second-order valence-corrected chi connectivity index (χ2v) is 13.6. The zero-order valence-corrected chi connectivity index (χ0v) is 25.3. The summed E-state index contributed by atoms with van der Waals surface area (Å²) in [6.45, 7) is 15.8. The van der Waals surface area contributed by atoms with Crippen LogP contribution in [0.5, 0.6) is 0 Å². The van der Waals surface area contributed by atoms with Gasteiger partial charge in [-0.1, -0.05) is 39.8 Å². The van der Waals surface area contributed by atoms with Gasteiger partial charge in [-0.25, -0.2) is 0 Å². The molecule has 2 aromatic rings. The number of aliphatic hydroxyl groups excluding tert-OH is 2. The molecule has 0 saturated carbocycles. The Morgan fingerprint density at radius 3 is 2.28 bits per heavy atom. The molecule has 1 atom stereocenters. The van der Waals surface area contributed by atoms with E-state index in [0.29, 0.717) is 51.6 Å². The van der Waals surface area contributed by atoms with Gasteiger partial charge < -0.3 is 24.6 Å². The first kappa shape index (κ1) is 31.4. The Labute approximate surface area is 235 Å². The van der Waals surface area contributed by atoms with Gasteiger partial charge in [-0.3, -0.25) is 4.79 Å². The maximum atomic E-state index is 13.3. The van der Waals surface area contributed by atoms with Gasteiger partial charge in [0, 0.05) is 26.1 Å². The molecule has 39 heavy (non-hydrogen) atoms. The van der Waals surface area contributed by atoms with E-state index in [1.807, 2.05) is 6.07 Å². The molecular weight excluding hydrogens is 490 g/mol. The quantitative estimate of drug-likeness (QED) is 0.287. The number of rotatable bonds is 13. The second-order valence-electron chi connectivity index (χ2n) is 13.6. The number of carbonyl (C=O) groups is 1. The van der Waals surface area contributed by atoms with Crippen molar-refractivity contribution in [2.75, 3.05) is 19.7 Å². The van der Waals surface area contributed by atoms with Crippen molar-refractivity contribution in [1.82, 2.24) is 4.90 Å². The summed E-state index contributed by atoms with van der Waals surface area (Å²) in [5.41, 5.74) is 4.87. The number of carbonyl (C=O) groups excluding carboxylic acids is 1. The highest BCUT2D eigenvalue weighted by Crippen LogP contribution is 2.46. The SMILES string of the molecule is Cc1cc2c(cc1Cc1ccc(C(=O)N(CCCO)CCC(O)CCCC(C)(C)O)o1)C(C)(C)CCC2(C)C. The van der Waals surface area contributed by atoms with Crippen LogP contribution < -0.4 is 0 Å². The van der Waals surface area contributed by atoms with Crippen LogP contribution in [0, 0.1) is 6.92 Å². The summed E-state index contributed by atoms with van der Waals surface area (Å²) in [5, 5.41) is 29.7. The third-order valence-corrected chi connectivity index (χ3v) is 8.48. The molecule has 1 amide bonds. The normalized spacial score (nSPS) is 17.1. The van der Waals surface area contributed by atoms with Crippen molar-refractivity contribution in [3.63, 3.8) is 0 Å². The molecule has 6 nitrogen and oxygen atoms in total. The predicted molar refractivity (Wildman–Crippen MR) is 156 cm³/mol. The molecule has 1 aromatic heterocycles. The maximum Gasteiger partial charge on any atom is 0.289 e. The fourth-order valence-corrected chi connectivity index (χ4v) is 5.68. The van der Waals surface area contributed by atoms with Crippen LogP contribution in [-0.4, -0.2) is 57.5 Å². The minimum Gasteiger partial charge on any atom is -0.456 e. The molecule has 1 aliphatic carbocycles. The molecule has 0 saturated heterocycles. The summed E-state index contributed by atoms with van der Waals surface area (Å²) in [5.74, 6) is 0.822. The van der Waals surface area contributed by atoms with E-state index in [1.165, 1.54) is 28.7 Å². The van der Waals surface area contributed by atoms with Gasteiger partial charge >= 0.3 is 0 Å². The smallest absolute Gasteiger partial charge is 0.289 e. The van der Waals surface area contributed by atoms with Gasteiger partial charge in [0.15, 0.2) is 5.76 Å². The van der Waals surface area contributed by atoms with Crippen molar-refractivity contribution in [2.45, 2.75) is 122 Å². The van der Waals surface area contributed by atoms with Crippen LogP contribution in [0.15, 0.2) is 28.7 Å². The van der Waals surface area contributed by atoms with Crippen LogP contribution >= 0.6 is 0 Å². The topological polar surface area (TPSA) is 94.1 Å². The highest BCUT2D eigenvalue weighted by Gasteiger charge is 2.37. The Morgan fingerprint density at radius 1 is 1.03 bits per heavy atom. The molecule has 1 heterocycles. The Bertz CT molecular complexity index is 1110. The monoisotopic (exact) mass is 541 g/mol. The first-order valence-electron chi connectivity index (χ1n) is 14.7. The fraction of sp³-hybridized carbons (Fsp3) is 0.667. The van der Waals surface area contributed by atoms with Crippen LogP contribution in [-0.2, 0) is 17.3 Å².